The highest BCUT2D eigenvalue weighted by atomic mass is 16.7. The van der Waals surface area contributed by atoms with Crippen molar-refractivity contribution in [3.05, 3.63) is 0 Å². The third kappa shape index (κ3) is 7.37. The molecule has 0 spiro atoms. The Balaban J connectivity index is 4.36. The molecule has 0 radical (unpaired) electrons. The second-order valence-corrected chi connectivity index (χ2v) is 5.26. The SMILES string of the molecule is CCCC(CCC)C(=O)OC(C)(C)OC(C)C. The third-order valence-electron chi connectivity index (χ3n) is 2.47. The van der Waals surface area contributed by atoms with E-state index in [1.165, 1.54) is 0 Å². The van der Waals surface area contributed by atoms with Crippen LogP contribution in [0.1, 0.15) is 67.2 Å². The molecule has 0 rings (SSSR count). The quantitative estimate of drug-likeness (QED) is 0.480. The topological polar surface area (TPSA) is 35.5 Å². The molecule has 0 aromatic carbocycles. The van der Waals surface area contributed by atoms with Crippen LogP contribution in [0.15, 0.2) is 0 Å². The molecule has 0 saturated heterocycles. The predicted molar refractivity (Wildman–Crippen MR) is 69.7 cm³/mol. The molecule has 0 aliphatic carbocycles. The Morgan fingerprint density at radius 2 is 1.59 bits per heavy atom. The van der Waals surface area contributed by atoms with Gasteiger partial charge in [-0.3, -0.25) is 4.79 Å². The summed E-state index contributed by atoms with van der Waals surface area (Å²) in [5.74, 6) is -0.940. The molecule has 0 saturated carbocycles. The lowest BCUT2D eigenvalue weighted by atomic mass is 9.98. The Kier molecular flexibility index (Phi) is 7.44. The molecule has 0 aliphatic heterocycles. The summed E-state index contributed by atoms with van der Waals surface area (Å²) in [5, 5.41) is 0. The van der Waals surface area contributed by atoms with Crippen molar-refractivity contribution in [2.24, 2.45) is 5.92 Å². The molecule has 0 bridgehead atoms. The van der Waals surface area contributed by atoms with E-state index >= 15 is 0 Å². The normalized spacial score (nSPS) is 12.2. The minimum Gasteiger partial charge on any atom is -0.433 e. The van der Waals surface area contributed by atoms with E-state index in [9.17, 15) is 4.79 Å². The smallest absolute Gasteiger partial charge is 0.311 e. The molecule has 102 valence electrons. The van der Waals surface area contributed by atoms with Crippen LogP contribution >= 0.6 is 0 Å². The molecule has 3 heteroatoms. The van der Waals surface area contributed by atoms with Crippen LogP contribution in [0.3, 0.4) is 0 Å². The number of carbonyl (C=O) groups is 1. The average molecular weight is 244 g/mol. The standard InChI is InChI=1S/C14H28O3/c1-7-9-12(10-8-2)13(15)17-14(5,6)16-11(3)4/h11-12H,7-10H2,1-6H3. The Morgan fingerprint density at radius 3 is 1.94 bits per heavy atom. The maximum absolute atomic E-state index is 12.0. The second kappa shape index (κ2) is 7.70. The number of ether oxygens (including phenoxy) is 2. The molecule has 0 amide bonds. The fraction of sp³-hybridized carbons (Fsp3) is 0.929. The van der Waals surface area contributed by atoms with Gasteiger partial charge < -0.3 is 9.47 Å². The minimum absolute atomic E-state index is 0.0139. The van der Waals surface area contributed by atoms with E-state index in [0.717, 1.165) is 25.7 Å². The highest BCUT2D eigenvalue weighted by molar-refractivity contribution is 5.72. The van der Waals surface area contributed by atoms with E-state index in [1.54, 1.807) is 13.8 Å². The summed E-state index contributed by atoms with van der Waals surface area (Å²) in [6.07, 6.45) is 3.85. The second-order valence-electron chi connectivity index (χ2n) is 5.26. The Labute approximate surface area is 106 Å². The van der Waals surface area contributed by atoms with Crippen LogP contribution in [0.4, 0.5) is 0 Å². The molecule has 0 fully saturated rings. The summed E-state index contributed by atoms with van der Waals surface area (Å²) in [6, 6.07) is 0. The van der Waals surface area contributed by atoms with E-state index in [1.807, 2.05) is 13.8 Å². The van der Waals surface area contributed by atoms with Gasteiger partial charge in [-0.15, -0.1) is 0 Å². The number of hydrogen-bond donors (Lipinski definition) is 0. The van der Waals surface area contributed by atoms with Crippen molar-refractivity contribution < 1.29 is 14.3 Å². The predicted octanol–water partition coefficient (Wildman–Crippen LogP) is 3.91. The first-order chi connectivity index (χ1) is 7.82. The van der Waals surface area contributed by atoms with Gasteiger partial charge in [0.25, 0.3) is 0 Å². The molecule has 17 heavy (non-hydrogen) atoms. The minimum atomic E-state index is -0.828. The summed E-state index contributed by atoms with van der Waals surface area (Å²) in [5.41, 5.74) is 0. The zero-order valence-electron chi connectivity index (χ0n) is 12.2. The summed E-state index contributed by atoms with van der Waals surface area (Å²) in [4.78, 5) is 12.0. The molecule has 0 heterocycles. The van der Waals surface area contributed by atoms with E-state index in [-0.39, 0.29) is 18.0 Å². The van der Waals surface area contributed by atoms with Gasteiger partial charge in [0.05, 0.1) is 12.0 Å². The Bertz CT molecular complexity index is 216. The zero-order chi connectivity index (χ0) is 13.5. The molecule has 0 aliphatic rings. The molecule has 0 aromatic rings. The lowest BCUT2D eigenvalue weighted by Crippen LogP contribution is -2.36. The van der Waals surface area contributed by atoms with E-state index in [4.69, 9.17) is 9.47 Å². The maximum Gasteiger partial charge on any atom is 0.311 e. The van der Waals surface area contributed by atoms with Gasteiger partial charge in [0.15, 0.2) is 0 Å². The van der Waals surface area contributed by atoms with Gasteiger partial charge in [0.2, 0.25) is 5.79 Å². The maximum atomic E-state index is 12.0. The van der Waals surface area contributed by atoms with Crippen LogP contribution in [0.2, 0.25) is 0 Å². The van der Waals surface area contributed by atoms with Crippen molar-refractivity contribution in [3.63, 3.8) is 0 Å². The molecular weight excluding hydrogens is 216 g/mol. The molecular formula is C14H28O3. The van der Waals surface area contributed by atoms with Crippen LogP contribution in [0, 0.1) is 5.92 Å². The van der Waals surface area contributed by atoms with E-state index < -0.39 is 5.79 Å². The fourth-order valence-electron chi connectivity index (χ4n) is 1.99. The monoisotopic (exact) mass is 244 g/mol. The van der Waals surface area contributed by atoms with Crippen molar-refractivity contribution in [1.82, 2.24) is 0 Å². The first-order valence-corrected chi connectivity index (χ1v) is 6.73. The summed E-state index contributed by atoms with van der Waals surface area (Å²) < 4.78 is 11.0. The van der Waals surface area contributed by atoms with Crippen LogP contribution < -0.4 is 0 Å². The lowest BCUT2D eigenvalue weighted by Gasteiger charge is -2.29. The highest BCUT2D eigenvalue weighted by Gasteiger charge is 2.28. The van der Waals surface area contributed by atoms with Crippen molar-refractivity contribution in [3.8, 4) is 0 Å². The van der Waals surface area contributed by atoms with Crippen LogP contribution in [-0.2, 0) is 14.3 Å². The first-order valence-electron chi connectivity index (χ1n) is 6.73. The molecule has 0 N–H and O–H groups in total. The van der Waals surface area contributed by atoms with E-state index in [0.29, 0.717) is 0 Å². The number of rotatable bonds is 8. The van der Waals surface area contributed by atoms with E-state index in [2.05, 4.69) is 13.8 Å². The molecule has 3 nitrogen and oxygen atoms in total. The van der Waals surface area contributed by atoms with Crippen molar-refractivity contribution in [1.29, 1.82) is 0 Å². The Morgan fingerprint density at radius 1 is 1.12 bits per heavy atom. The van der Waals surface area contributed by atoms with Gasteiger partial charge in [-0.25, -0.2) is 0 Å². The van der Waals surface area contributed by atoms with Gasteiger partial charge in [0.1, 0.15) is 0 Å². The first kappa shape index (κ1) is 16.4. The van der Waals surface area contributed by atoms with Gasteiger partial charge in [0, 0.05) is 13.8 Å². The van der Waals surface area contributed by atoms with Gasteiger partial charge >= 0.3 is 5.97 Å². The number of carbonyl (C=O) groups excluding carboxylic acids is 1. The molecule has 0 unspecified atom stereocenters. The van der Waals surface area contributed by atoms with Gasteiger partial charge in [-0.2, -0.15) is 0 Å². The van der Waals surface area contributed by atoms with Crippen LogP contribution in [-0.4, -0.2) is 17.9 Å². The average Bonchev–Trinajstić information content (AvgIpc) is 2.14. The van der Waals surface area contributed by atoms with Gasteiger partial charge in [-0.1, -0.05) is 26.7 Å². The van der Waals surface area contributed by atoms with Crippen molar-refractivity contribution >= 4 is 5.97 Å². The fourth-order valence-corrected chi connectivity index (χ4v) is 1.99. The highest BCUT2D eigenvalue weighted by Crippen LogP contribution is 2.21. The summed E-state index contributed by atoms with van der Waals surface area (Å²) >= 11 is 0. The third-order valence-corrected chi connectivity index (χ3v) is 2.47. The summed E-state index contributed by atoms with van der Waals surface area (Å²) in [7, 11) is 0. The van der Waals surface area contributed by atoms with Gasteiger partial charge in [-0.05, 0) is 26.7 Å². The molecule has 0 aromatic heterocycles. The molecule has 0 atom stereocenters. The zero-order valence-corrected chi connectivity index (χ0v) is 12.2. The van der Waals surface area contributed by atoms with Crippen molar-refractivity contribution in [2.75, 3.05) is 0 Å². The van der Waals surface area contributed by atoms with Crippen molar-refractivity contribution in [2.45, 2.75) is 79.1 Å². The Hall–Kier alpha value is -0.570. The number of hydrogen-bond acceptors (Lipinski definition) is 3. The van der Waals surface area contributed by atoms with Crippen LogP contribution in [0.5, 0.6) is 0 Å². The number of esters is 1. The lowest BCUT2D eigenvalue weighted by molar-refractivity contribution is -0.231. The largest absolute Gasteiger partial charge is 0.433 e. The van der Waals surface area contributed by atoms with Crippen LogP contribution in [0.25, 0.3) is 0 Å². The summed E-state index contributed by atoms with van der Waals surface area (Å²) in [6.45, 7) is 11.6.